The van der Waals surface area contributed by atoms with E-state index in [1.165, 1.54) is 44.9 Å². The lowest BCUT2D eigenvalue weighted by molar-refractivity contribution is -0.0562. The summed E-state index contributed by atoms with van der Waals surface area (Å²) >= 11 is 0. The van der Waals surface area contributed by atoms with E-state index < -0.39 is 5.97 Å². The van der Waals surface area contributed by atoms with Crippen LogP contribution in [0.15, 0.2) is 29.3 Å². The van der Waals surface area contributed by atoms with Crippen LogP contribution in [0.4, 0.5) is 5.69 Å². The summed E-state index contributed by atoms with van der Waals surface area (Å²) in [6.45, 7) is 2.31. The predicted octanol–water partition coefficient (Wildman–Crippen LogP) is 4.39. The number of carboxylic acid groups (broad SMARTS) is 1. The summed E-state index contributed by atoms with van der Waals surface area (Å²) in [5, 5.41) is 16.0. The second-order valence-corrected chi connectivity index (χ2v) is 9.68. The number of rotatable bonds is 9. The fourth-order valence-electron chi connectivity index (χ4n) is 6.41. The molecule has 164 valence electrons. The van der Waals surface area contributed by atoms with Crippen LogP contribution in [0.1, 0.15) is 61.7 Å². The molecule has 0 atom stereocenters. The van der Waals surface area contributed by atoms with E-state index in [4.69, 9.17) is 14.8 Å². The molecule has 4 aliphatic rings. The van der Waals surface area contributed by atoms with E-state index in [1.807, 2.05) is 0 Å². The number of nitrogens with zero attached hydrogens (tertiary/aromatic N) is 1. The number of carbonyl (C=O) groups is 1. The number of hydrogen-bond acceptors (Lipinski definition) is 3. The Labute approximate surface area is 179 Å². The van der Waals surface area contributed by atoms with Crippen molar-refractivity contribution < 1.29 is 14.6 Å². The lowest BCUT2D eigenvalue weighted by Gasteiger charge is -2.57. The van der Waals surface area contributed by atoms with Gasteiger partial charge in [-0.3, -0.25) is 4.99 Å². The molecule has 6 heteroatoms. The Morgan fingerprint density at radius 1 is 1.13 bits per heavy atom. The van der Waals surface area contributed by atoms with Crippen LogP contribution in [0, 0.1) is 23.2 Å². The molecule has 0 saturated heterocycles. The highest BCUT2D eigenvalue weighted by Crippen LogP contribution is 2.61. The molecule has 0 unspecified atom stereocenters. The molecule has 4 bridgehead atoms. The molecule has 3 N–H and O–H groups in total. The van der Waals surface area contributed by atoms with Crippen molar-refractivity contribution in [2.24, 2.45) is 28.2 Å². The van der Waals surface area contributed by atoms with Gasteiger partial charge in [-0.05, 0) is 98.8 Å². The average molecular weight is 414 g/mol. The Hall–Kier alpha value is -2.08. The van der Waals surface area contributed by atoms with Gasteiger partial charge in [-0.15, -0.1) is 0 Å². The van der Waals surface area contributed by atoms with Crippen molar-refractivity contribution >= 4 is 17.6 Å². The third-order valence-electron chi connectivity index (χ3n) is 7.28. The molecule has 30 heavy (non-hydrogen) atoms. The van der Waals surface area contributed by atoms with Crippen molar-refractivity contribution in [2.75, 3.05) is 32.1 Å². The number of benzene rings is 1. The van der Waals surface area contributed by atoms with Gasteiger partial charge in [0.2, 0.25) is 0 Å². The highest BCUT2D eigenvalue weighted by Gasteiger charge is 2.50. The van der Waals surface area contributed by atoms with Crippen molar-refractivity contribution in [1.82, 2.24) is 5.32 Å². The van der Waals surface area contributed by atoms with Crippen molar-refractivity contribution in [3.05, 3.63) is 29.8 Å². The number of aliphatic imine (C=N–C) groups is 1. The van der Waals surface area contributed by atoms with Crippen molar-refractivity contribution in [3.8, 4) is 0 Å². The summed E-state index contributed by atoms with van der Waals surface area (Å²) < 4.78 is 5.13. The van der Waals surface area contributed by atoms with E-state index >= 15 is 0 Å². The van der Waals surface area contributed by atoms with Gasteiger partial charge in [-0.2, -0.15) is 0 Å². The van der Waals surface area contributed by atoms with Gasteiger partial charge in [0.25, 0.3) is 0 Å². The van der Waals surface area contributed by atoms with Crippen LogP contribution in [-0.4, -0.2) is 43.8 Å². The molecule has 1 aromatic rings. The van der Waals surface area contributed by atoms with Crippen molar-refractivity contribution in [3.63, 3.8) is 0 Å². The van der Waals surface area contributed by atoms with Crippen LogP contribution in [0.3, 0.4) is 0 Å². The van der Waals surface area contributed by atoms with Gasteiger partial charge in [0.1, 0.15) is 0 Å². The third kappa shape index (κ3) is 5.15. The molecule has 6 nitrogen and oxygen atoms in total. The van der Waals surface area contributed by atoms with Crippen molar-refractivity contribution in [1.29, 1.82) is 0 Å². The lowest BCUT2D eigenvalue weighted by Crippen LogP contribution is -2.47. The largest absolute Gasteiger partial charge is 0.478 e. The van der Waals surface area contributed by atoms with E-state index in [1.54, 1.807) is 31.4 Å². The number of aromatic carboxylic acids is 1. The van der Waals surface area contributed by atoms with Gasteiger partial charge >= 0.3 is 5.97 Å². The zero-order valence-electron chi connectivity index (χ0n) is 18.0. The van der Waals surface area contributed by atoms with Gasteiger partial charge < -0.3 is 20.5 Å². The van der Waals surface area contributed by atoms with E-state index in [9.17, 15) is 4.79 Å². The lowest BCUT2D eigenvalue weighted by atomic mass is 9.49. The molecule has 4 saturated carbocycles. The Bertz CT molecular complexity index is 724. The molecule has 0 aromatic heterocycles. The Kier molecular flexibility index (Phi) is 6.61. The summed E-state index contributed by atoms with van der Waals surface area (Å²) in [5.41, 5.74) is 1.67. The highest BCUT2D eigenvalue weighted by atomic mass is 16.5. The first kappa shape index (κ1) is 21.2. The minimum atomic E-state index is -0.913. The van der Waals surface area contributed by atoms with Crippen LogP contribution in [0.25, 0.3) is 0 Å². The molecule has 4 fully saturated rings. The number of hydrogen-bond donors (Lipinski definition) is 3. The zero-order valence-corrected chi connectivity index (χ0v) is 18.0. The molecule has 0 spiro atoms. The first-order valence-electron chi connectivity index (χ1n) is 11.4. The average Bonchev–Trinajstić information content (AvgIpc) is 2.70. The molecule has 0 amide bonds. The molecule has 0 heterocycles. The number of anilines is 1. The summed E-state index contributed by atoms with van der Waals surface area (Å²) in [6.07, 6.45) is 10.8. The van der Waals surface area contributed by atoms with E-state index in [0.717, 1.165) is 42.4 Å². The second kappa shape index (κ2) is 9.38. The summed E-state index contributed by atoms with van der Waals surface area (Å²) in [4.78, 5) is 15.8. The van der Waals surface area contributed by atoms with E-state index in [-0.39, 0.29) is 5.56 Å². The monoisotopic (exact) mass is 413 g/mol. The van der Waals surface area contributed by atoms with Gasteiger partial charge in [-0.25, -0.2) is 4.79 Å². The zero-order chi connectivity index (χ0) is 21.0. The molecule has 0 radical (unpaired) electrons. The smallest absolute Gasteiger partial charge is 0.335 e. The first-order chi connectivity index (χ1) is 14.5. The van der Waals surface area contributed by atoms with Crippen LogP contribution >= 0.6 is 0 Å². The number of methoxy groups -OCH3 is 1. The Morgan fingerprint density at radius 3 is 2.33 bits per heavy atom. The van der Waals surface area contributed by atoms with Gasteiger partial charge in [0.05, 0.1) is 5.56 Å². The van der Waals surface area contributed by atoms with Gasteiger partial charge in [0, 0.05) is 32.5 Å². The first-order valence-corrected chi connectivity index (χ1v) is 11.4. The molecule has 4 aliphatic carbocycles. The topological polar surface area (TPSA) is 83.0 Å². The maximum absolute atomic E-state index is 11.1. The molecular weight excluding hydrogens is 378 g/mol. The summed E-state index contributed by atoms with van der Waals surface area (Å²) in [6, 6.07) is 6.80. The molecular formula is C24H35N3O3. The van der Waals surface area contributed by atoms with E-state index in [0.29, 0.717) is 18.6 Å². The fraction of sp³-hybridized carbons (Fsp3) is 0.667. The van der Waals surface area contributed by atoms with Crippen molar-refractivity contribution in [2.45, 2.75) is 51.4 Å². The number of guanidine groups is 1. The van der Waals surface area contributed by atoms with Gasteiger partial charge in [0.15, 0.2) is 5.96 Å². The maximum Gasteiger partial charge on any atom is 0.335 e. The highest BCUT2D eigenvalue weighted by molar-refractivity contribution is 5.94. The number of nitrogens with one attached hydrogen (secondary N) is 2. The van der Waals surface area contributed by atoms with Crippen LogP contribution < -0.4 is 10.6 Å². The standard InChI is InChI=1S/C24H35N3O3/c1-30-10-2-8-25-23(27-21-5-3-20(4-6-21)22(28)29)26-9-7-24-14-17-11-18(15-24)13-19(12-17)16-24/h3-6,17-19H,2,7-16H2,1H3,(H,28,29)(H2,25,26,27). The minimum Gasteiger partial charge on any atom is -0.478 e. The molecule has 5 rings (SSSR count). The fourth-order valence-corrected chi connectivity index (χ4v) is 6.41. The summed E-state index contributed by atoms with van der Waals surface area (Å²) in [5.74, 6) is 2.78. The summed E-state index contributed by atoms with van der Waals surface area (Å²) in [7, 11) is 1.70. The normalized spacial score (nSPS) is 29.8. The number of carboxylic acids is 1. The third-order valence-corrected chi connectivity index (χ3v) is 7.28. The van der Waals surface area contributed by atoms with E-state index in [2.05, 4.69) is 10.6 Å². The number of ether oxygens (including phenoxy) is 1. The van der Waals surface area contributed by atoms with Crippen LogP contribution in [0.2, 0.25) is 0 Å². The predicted molar refractivity (Wildman–Crippen MR) is 119 cm³/mol. The van der Waals surface area contributed by atoms with Crippen LogP contribution in [0.5, 0.6) is 0 Å². The maximum atomic E-state index is 11.1. The minimum absolute atomic E-state index is 0.286. The SMILES string of the molecule is COCCCN=C(NCCC12CC3CC(CC(C3)C1)C2)Nc1ccc(C(=O)O)cc1. The quantitative estimate of drug-likeness (QED) is 0.318. The van der Waals surface area contributed by atoms with Crippen LogP contribution in [-0.2, 0) is 4.74 Å². The molecule has 1 aromatic carbocycles. The second-order valence-electron chi connectivity index (χ2n) is 9.68. The molecule has 0 aliphatic heterocycles. The van der Waals surface area contributed by atoms with Gasteiger partial charge in [-0.1, -0.05) is 0 Å². The Morgan fingerprint density at radius 2 is 1.77 bits per heavy atom. The Balaban J connectivity index is 1.34.